The number of hydrogen-bond donors (Lipinski definition) is 1. The van der Waals surface area contributed by atoms with E-state index in [0.717, 1.165) is 4.47 Å². The van der Waals surface area contributed by atoms with E-state index in [0.29, 0.717) is 12.1 Å². The van der Waals surface area contributed by atoms with Crippen LogP contribution in [-0.4, -0.2) is 26.4 Å². The molecule has 0 radical (unpaired) electrons. The van der Waals surface area contributed by atoms with Gasteiger partial charge in [0.1, 0.15) is 6.61 Å². The molecule has 1 atom stereocenters. The molecular weight excluding hydrogens is 299 g/mol. The van der Waals surface area contributed by atoms with Crippen molar-refractivity contribution in [3.05, 3.63) is 34.3 Å². The molecule has 0 aliphatic rings. The fourth-order valence-corrected chi connectivity index (χ4v) is 1.78. The Balaban J connectivity index is 2.71. The Morgan fingerprint density at radius 3 is 2.65 bits per heavy atom. The van der Waals surface area contributed by atoms with Crippen molar-refractivity contribution in [1.29, 1.82) is 0 Å². The minimum atomic E-state index is -4.31. The maximum Gasteiger partial charge on any atom is 0.411 e. The molecule has 2 nitrogen and oxygen atoms in total. The van der Waals surface area contributed by atoms with Gasteiger partial charge in [-0.25, -0.2) is 0 Å². The molecule has 0 bridgehead atoms. The smallest absolute Gasteiger partial charge is 0.363 e. The van der Waals surface area contributed by atoms with Crippen molar-refractivity contribution in [2.45, 2.75) is 12.3 Å². The highest BCUT2D eigenvalue weighted by Gasteiger charge is 2.29. The van der Waals surface area contributed by atoms with Crippen LogP contribution in [0.25, 0.3) is 0 Å². The first-order valence-electron chi connectivity index (χ1n) is 5.01. The molecule has 1 unspecified atom stereocenters. The lowest BCUT2D eigenvalue weighted by Crippen LogP contribution is -2.25. The summed E-state index contributed by atoms with van der Waals surface area (Å²) in [4.78, 5) is 0. The lowest BCUT2D eigenvalue weighted by molar-refractivity contribution is -0.185. The number of rotatable bonds is 5. The molecule has 0 fully saturated rings. The second-order valence-electron chi connectivity index (χ2n) is 3.53. The highest BCUT2D eigenvalue weighted by atomic mass is 79.9. The summed E-state index contributed by atoms with van der Waals surface area (Å²) in [5.74, 6) is 0. The second kappa shape index (κ2) is 6.37. The fourth-order valence-electron chi connectivity index (χ4n) is 1.36. The van der Waals surface area contributed by atoms with E-state index >= 15 is 0 Å². The van der Waals surface area contributed by atoms with Gasteiger partial charge in [0, 0.05) is 11.0 Å². The first-order valence-corrected chi connectivity index (χ1v) is 5.80. The molecule has 1 rings (SSSR count). The van der Waals surface area contributed by atoms with Gasteiger partial charge in [0.2, 0.25) is 0 Å². The summed E-state index contributed by atoms with van der Waals surface area (Å²) in [7, 11) is 1.67. The summed E-state index contributed by atoms with van der Waals surface area (Å²) in [6.45, 7) is -0.918. The summed E-state index contributed by atoms with van der Waals surface area (Å²) in [5, 5.41) is 2.81. The summed E-state index contributed by atoms with van der Waals surface area (Å²) in [5.41, 5.74) is 0.706. The summed E-state index contributed by atoms with van der Waals surface area (Å²) in [6, 6.07) is 7.06. The van der Waals surface area contributed by atoms with Crippen LogP contribution < -0.4 is 5.32 Å². The monoisotopic (exact) mass is 311 g/mol. The Bertz CT molecular complexity index is 357. The van der Waals surface area contributed by atoms with Crippen LogP contribution in [0.15, 0.2) is 28.7 Å². The average molecular weight is 312 g/mol. The van der Waals surface area contributed by atoms with Crippen molar-refractivity contribution < 1.29 is 17.9 Å². The topological polar surface area (TPSA) is 21.3 Å². The number of nitrogens with one attached hydrogen (secondary N) is 1. The van der Waals surface area contributed by atoms with Gasteiger partial charge in [0.05, 0.1) is 6.10 Å². The first-order chi connectivity index (χ1) is 7.92. The second-order valence-corrected chi connectivity index (χ2v) is 4.44. The van der Waals surface area contributed by atoms with E-state index in [-0.39, 0.29) is 0 Å². The lowest BCUT2D eigenvalue weighted by atomic mass is 10.1. The Hall–Kier alpha value is -0.590. The SMILES string of the molecule is CNCC(OCC(F)(F)F)c1cccc(Br)c1. The third kappa shape index (κ3) is 5.52. The lowest BCUT2D eigenvalue weighted by Gasteiger charge is -2.19. The fraction of sp³-hybridized carbons (Fsp3) is 0.455. The highest BCUT2D eigenvalue weighted by Crippen LogP contribution is 2.24. The first kappa shape index (κ1) is 14.5. The van der Waals surface area contributed by atoms with Crippen LogP contribution in [0.4, 0.5) is 13.2 Å². The van der Waals surface area contributed by atoms with Crippen molar-refractivity contribution in [2.75, 3.05) is 20.2 Å². The number of benzene rings is 1. The molecule has 0 saturated carbocycles. The van der Waals surface area contributed by atoms with Crippen molar-refractivity contribution in [3.63, 3.8) is 0 Å². The number of ether oxygens (including phenoxy) is 1. The largest absolute Gasteiger partial charge is 0.411 e. The Morgan fingerprint density at radius 1 is 1.41 bits per heavy atom. The molecule has 0 spiro atoms. The van der Waals surface area contributed by atoms with E-state index < -0.39 is 18.9 Å². The van der Waals surface area contributed by atoms with Crippen molar-refractivity contribution >= 4 is 15.9 Å². The average Bonchev–Trinajstić information content (AvgIpc) is 2.23. The summed E-state index contributed by atoms with van der Waals surface area (Å²) < 4.78 is 42.0. The number of halogens is 4. The van der Waals surface area contributed by atoms with Gasteiger partial charge in [-0.05, 0) is 24.7 Å². The van der Waals surface area contributed by atoms with Crippen LogP contribution in [0.1, 0.15) is 11.7 Å². The van der Waals surface area contributed by atoms with Crippen LogP contribution in [0.5, 0.6) is 0 Å². The van der Waals surface area contributed by atoms with E-state index in [1.165, 1.54) is 0 Å². The molecule has 96 valence electrons. The number of alkyl halides is 3. The third-order valence-corrected chi connectivity index (χ3v) is 2.55. The van der Waals surface area contributed by atoms with E-state index in [1.807, 2.05) is 6.07 Å². The van der Waals surface area contributed by atoms with Crippen LogP contribution in [0.3, 0.4) is 0 Å². The quantitative estimate of drug-likeness (QED) is 0.901. The summed E-state index contributed by atoms with van der Waals surface area (Å²) >= 11 is 3.27. The molecular formula is C11H13BrF3NO. The van der Waals surface area contributed by atoms with Crippen LogP contribution >= 0.6 is 15.9 Å². The van der Waals surface area contributed by atoms with E-state index in [1.54, 1.807) is 25.2 Å². The zero-order valence-electron chi connectivity index (χ0n) is 9.22. The van der Waals surface area contributed by atoms with Gasteiger partial charge in [-0.1, -0.05) is 28.1 Å². The van der Waals surface area contributed by atoms with Crippen molar-refractivity contribution in [2.24, 2.45) is 0 Å². The molecule has 1 aromatic carbocycles. The van der Waals surface area contributed by atoms with Gasteiger partial charge in [-0.15, -0.1) is 0 Å². The normalized spacial score (nSPS) is 13.7. The van der Waals surface area contributed by atoms with E-state index in [4.69, 9.17) is 4.74 Å². The van der Waals surface area contributed by atoms with Gasteiger partial charge in [-0.2, -0.15) is 13.2 Å². The Morgan fingerprint density at radius 2 is 2.12 bits per heavy atom. The maximum atomic E-state index is 12.1. The van der Waals surface area contributed by atoms with Crippen molar-refractivity contribution in [3.8, 4) is 0 Å². The Labute approximate surface area is 106 Å². The molecule has 0 aliphatic heterocycles. The van der Waals surface area contributed by atoms with Crippen LogP contribution in [0, 0.1) is 0 Å². The number of hydrogen-bond acceptors (Lipinski definition) is 2. The predicted molar refractivity (Wildman–Crippen MR) is 62.8 cm³/mol. The zero-order chi connectivity index (χ0) is 12.9. The van der Waals surface area contributed by atoms with Crippen molar-refractivity contribution in [1.82, 2.24) is 5.32 Å². The zero-order valence-corrected chi connectivity index (χ0v) is 10.8. The van der Waals surface area contributed by atoms with Crippen LogP contribution in [0.2, 0.25) is 0 Å². The molecule has 17 heavy (non-hydrogen) atoms. The molecule has 1 aromatic rings. The third-order valence-electron chi connectivity index (χ3n) is 2.06. The van der Waals surface area contributed by atoms with Gasteiger partial charge in [-0.3, -0.25) is 0 Å². The maximum absolute atomic E-state index is 12.1. The highest BCUT2D eigenvalue weighted by molar-refractivity contribution is 9.10. The van der Waals surface area contributed by atoms with E-state index in [9.17, 15) is 13.2 Å². The molecule has 0 aliphatic carbocycles. The minimum Gasteiger partial charge on any atom is -0.363 e. The van der Waals surface area contributed by atoms with Gasteiger partial charge >= 0.3 is 6.18 Å². The molecule has 0 amide bonds. The van der Waals surface area contributed by atoms with Crippen LogP contribution in [-0.2, 0) is 4.74 Å². The summed E-state index contributed by atoms with van der Waals surface area (Å²) in [6.07, 6.45) is -4.92. The number of likely N-dealkylation sites (N-methyl/N-ethyl adjacent to an activating group) is 1. The molecule has 0 saturated heterocycles. The van der Waals surface area contributed by atoms with Gasteiger partial charge in [0.15, 0.2) is 0 Å². The molecule has 6 heteroatoms. The van der Waals surface area contributed by atoms with Gasteiger partial charge in [0.25, 0.3) is 0 Å². The molecule has 0 heterocycles. The van der Waals surface area contributed by atoms with Gasteiger partial charge < -0.3 is 10.1 Å². The Kier molecular flexibility index (Phi) is 5.42. The standard InChI is InChI=1S/C11H13BrF3NO/c1-16-6-10(17-7-11(13,14)15)8-3-2-4-9(12)5-8/h2-5,10,16H,6-7H2,1H3. The van der Waals surface area contributed by atoms with E-state index in [2.05, 4.69) is 21.2 Å². The predicted octanol–water partition coefficient (Wildman–Crippen LogP) is 3.29. The minimum absolute atomic E-state index is 0.326. The molecule has 1 N–H and O–H groups in total. The molecule has 0 aromatic heterocycles.